The number of nitrogens with zero attached hydrogens (tertiary/aromatic N) is 3. The van der Waals surface area contributed by atoms with E-state index in [1.807, 2.05) is 22.9 Å². The van der Waals surface area contributed by atoms with Crippen LogP contribution in [0.1, 0.15) is 24.1 Å². The van der Waals surface area contributed by atoms with Gasteiger partial charge in [-0.1, -0.05) is 29.8 Å². The first-order valence-electron chi connectivity index (χ1n) is 7.14. The van der Waals surface area contributed by atoms with Crippen LogP contribution in [0.2, 0.25) is 5.15 Å². The van der Waals surface area contributed by atoms with Gasteiger partial charge in [-0.15, -0.1) is 0 Å². The van der Waals surface area contributed by atoms with Crippen molar-refractivity contribution in [2.75, 3.05) is 0 Å². The Morgan fingerprint density at radius 1 is 1.27 bits per heavy atom. The summed E-state index contributed by atoms with van der Waals surface area (Å²) >= 11 is 5.80. The third kappa shape index (κ3) is 3.53. The Morgan fingerprint density at radius 3 is 2.91 bits per heavy atom. The normalized spacial score (nSPS) is 12.3. The van der Waals surface area contributed by atoms with Gasteiger partial charge in [0, 0.05) is 36.9 Å². The van der Waals surface area contributed by atoms with E-state index in [1.54, 1.807) is 18.7 Å². The molecule has 0 aliphatic carbocycles. The van der Waals surface area contributed by atoms with Crippen molar-refractivity contribution in [3.8, 4) is 5.69 Å². The van der Waals surface area contributed by atoms with Crippen molar-refractivity contribution in [3.05, 3.63) is 77.6 Å². The lowest BCUT2D eigenvalue weighted by atomic mass is 10.1. The van der Waals surface area contributed by atoms with E-state index in [9.17, 15) is 0 Å². The number of imidazole rings is 1. The van der Waals surface area contributed by atoms with Crippen LogP contribution >= 0.6 is 11.6 Å². The molecule has 1 N–H and O–H groups in total. The van der Waals surface area contributed by atoms with Gasteiger partial charge in [0.05, 0.1) is 6.33 Å². The molecule has 5 heteroatoms. The molecule has 0 amide bonds. The Balaban J connectivity index is 1.68. The number of hydrogen-bond donors (Lipinski definition) is 1. The van der Waals surface area contributed by atoms with Crippen LogP contribution in [0.15, 0.2) is 61.3 Å². The molecular formula is C17H17ClN4. The van der Waals surface area contributed by atoms with Gasteiger partial charge in [-0.25, -0.2) is 9.97 Å². The molecule has 0 saturated heterocycles. The Morgan fingerprint density at radius 2 is 2.18 bits per heavy atom. The lowest BCUT2D eigenvalue weighted by Crippen LogP contribution is -2.18. The van der Waals surface area contributed by atoms with Crippen LogP contribution in [0.4, 0.5) is 0 Å². The van der Waals surface area contributed by atoms with Gasteiger partial charge in [-0.05, 0) is 36.2 Å². The van der Waals surface area contributed by atoms with Crippen LogP contribution < -0.4 is 5.32 Å². The van der Waals surface area contributed by atoms with E-state index >= 15 is 0 Å². The quantitative estimate of drug-likeness (QED) is 0.729. The predicted octanol–water partition coefficient (Wildman–Crippen LogP) is 3.77. The first-order chi connectivity index (χ1) is 10.7. The van der Waals surface area contributed by atoms with Crippen LogP contribution in [-0.2, 0) is 6.54 Å². The molecule has 2 heterocycles. The van der Waals surface area contributed by atoms with E-state index in [0.717, 1.165) is 17.8 Å². The fourth-order valence-electron chi connectivity index (χ4n) is 2.27. The number of nitrogens with one attached hydrogen (secondary N) is 1. The molecule has 0 aliphatic rings. The van der Waals surface area contributed by atoms with Crippen molar-refractivity contribution in [3.63, 3.8) is 0 Å². The first-order valence-corrected chi connectivity index (χ1v) is 7.52. The maximum atomic E-state index is 5.80. The topological polar surface area (TPSA) is 42.7 Å². The van der Waals surface area contributed by atoms with E-state index in [0.29, 0.717) is 5.15 Å². The molecule has 0 fully saturated rings. The number of rotatable bonds is 5. The number of aromatic nitrogens is 3. The molecule has 0 radical (unpaired) electrons. The van der Waals surface area contributed by atoms with Crippen LogP contribution in [0, 0.1) is 0 Å². The van der Waals surface area contributed by atoms with E-state index in [2.05, 4.69) is 46.5 Å². The molecule has 0 unspecified atom stereocenters. The van der Waals surface area contributed by atoms with E-state index in [-0.39, 0.29) is 6.04 Å². The van der Waals surface area contributed by atoms with Gasteiger partial charge in [-0.2, -0.15) is 0 Å². The van der Waals surface area contributed by atoms with Crippen LogP contribution in [0.5, 0.6) is 0 Å². The molecule has 4 nitrogen and oxygen atoms in total. The largest absolute Gasteiger partial charge is 0.306 e. The number of hydrogen-bond acceptors (Lipinski definition) is 3. The van der Waals surface area contributed by atoms with Crippen molar-refractivity contribution in [1.82, 2.24) is 19.9 Å². The Labute approximate surface area is 134 Å². The molecule has 0 saturated carbocycles. The van der Waals surface area contributed by atoms with Crippen LogP contribution in [0.25, 0.3) is 5.69 Å². The molecule has 3 aromatic rings. The Bertz CT molecular complexity index is 723. The van der Waals surface area contributed by atoms with E-state index in [4.69, 9.17) is 11.6 Å². The highest BCUT2D eigenvalue weighted by Gasteiger charge is 2.06. The minimum Gasteiger partial charge on any atom is -0.306 e. The Hall–Kier alpha value is -2.17. The van der Waals surface area contributed by atoms with Crippen molar-refractivity contribution in [2.24, 2.45) is 0 Å². The summed E-state index contributed by atoms with van der Waals surface area (Å²) in [4.78, 5) is 8.18. The molecule has 112 valence electrons. The zero-order valence-electron chi connectivity index (χ0n) is 12.3. The summed E-state index contributed by atoms with van der Waals surface area (Å²) in [6.07, 6.45) is 7.32. The van der Waals surface area contributed by atoms with Crippen molar-refractivity contribution in [2.45, 2.75) is 19.5 Å². The summed E-state index contributed by atoms with van der Waals surface area (Å²) in [5.41, 5.74) is 3.45. The highest BCUT2D eigenvalue weighted by Crippen LogP contribution is 2.17. The van der Waals surface area contributed by atoms with Crippen molar-refractivity contribution in [1.29, 1.82) is 0 Å². The fraction of sp³-hybridized carbons (Fsp3) is 0.176. The predicted molar refractivity (Wildman–Crippen MR) is 88.1 cm³/mol. The SMILES string of the molecule is C[C@@H](NCc1ccc(Cl)nc1)c1cccc(-n2ccnc2)c1. The highest BCUT2D eigenvalue weighted by atomic mass is 35.5. The molecule has 1 aromatic carbocycles. The van der Waals surface area contributed by atoms with Gasteiger partial charge in [0.15, 0.2) is 0 Å². The molecule has 3 rings (SSSR count). The Kier molecular flexibility index (Phi) is 4.51. The third-order valence-electron chi connectivity index (χ3n) is 3.57. The summed E-state index contributed by atoms with van der Waals surface area (Å²) in [7, 11) is 0. The van der Waals surface area contributed by atoms with E-state index in [1.165, 1.54) is 5.56 Å². The maximum absolute atomic E-state index is 5.80. The summed E-state index contributed by atoms with van der Waals surface area (Å²) in [5.74, 6) is 0. The molecule has 2 aromatic heterocycles. The summed E-state index contributed by atoms with van der Waals surface area (Å²) in [5, 5.41) is 4.02. The average Bonchev–Trinajstić information content (AvgIpc) is 3.09. The fourth-order valence-corrected chi connectivity index (χ4v) is 2.38. The average molecular weight is 313 g/mol. The van der Waals surface area contributed by atoms with E-state index < -0.39 is 0 Å². The second-order valence-corrected chi connectivity index (χ2v) is 5.54. The molecular weight excluding hydrogens is 296 g/mol. The monoisotopic (exact) mass is 312 g/mol. The standard InChI is InChI=1S/C17H17ClN4/c1-13(20-10-14-5-6-17(18)21-11-14)15-3-2-4-16(9-15)22-8-7-19-12-22/h2-9,11-13,20H,10H2,1H3/t13-/m1/s1. The molecule has 0 bridgehead atoms. The van der Waals surface area contributed by atoms with Crippen molar-refractivity contribution >= 4 is 11.6 Å². The lowest BCUT2D eigenvalue weighted by molar-refractivity contribution is 0.573. The zero-order chi connectivity index (χ0) is 15.4. The minimum atomic E-state index is 0.235. The first kappa shape index (κ1) is 14.8. The van der Waals surface area contributed by atoms with Gasteiger partial charge in [0.2, 0.25) is 0 Å². The molecule has 0 aliphatic heterocycles. The maximum Gasteiger partial charge on any atom is 0.129 e. The van der Waals surface area contributed by atoms with Gasteiger partial charge in [0.1, 0.15) is 5.15 Å². The van der Waals surface area contributed by atoms with Crippen LogP contribution in [0.3, 0.4) is 0 Å². The molecule has 1 atom stereocenters. The smallest absolute Gasteiger partial charge is 0.129 e. The molecule has 22 heavy (non-hydrogen) atoms. The summed E-state index contributed by atoms with van der Waals surface area (Å²) in [6, 6.07) is 12.4. The van der Waals surface area contributed by atoms with Crippen LogP contribution in [-0.4, -0.2) is 14.5 Å². The zero-order valence-corrected chi connectivity index (χ0v) is 13.0. The number of halogens is 1. The third-order valence-corrected chi connectivity index (χ3v) is 3.80. The summed E-state index contributed by atoms with van der Waals surface area (Å²) < 4.78 is 2.00. The number of pyridine rings is 1. The van der Waals surface area contributed by atoms with Gasteiger partial charge in [0.25, 0.3) is 0 Å². The minimum absolute atomic E-state index is 0.235. The highest BCUT2D eigenvalue weighted by molar-refractivity contribution is 6.29. The second-order valence-electron chi connectivity index (χ2n) is 5.16. The summed E-state index contributed by atoms with van der Waals surface area (Å²) in [6.45, 7) is 2.90. The van der Waals surface area contributed by atoms with Gasteiger partial charge >= 0.3 is 0 Å². The second kappa shape index (κ2) is 6.73. The molecule has 0 spiro atoms. The lowest BCUT2D eigenvalue weighted by Gasteiger charge is -2.15. The van der Waals surface area contributed by atoms with Gasteiger partial charge < -0.3 is 9.88 Å². The number of benzene rings is 1. The van der Waals surface area contributed by atoms with Crippen molar-refractivity contribution < 1.29 is 0 Å². The van der Waals surface area contributed by atoms with Gasteiger partial charge in [-0.3, -0.25) is 0 Å².